The summed E-state index contributed by atoms with van der Waals surface area (Å²) in [7, 11) is -3.25. The Morgan fingerprint density at radius 1 is 1.29 bits per heavy atom. The van der Waals surface area contributed by atoms with E-state index in [1.54, 1.807) is 24.3 Å². The molecular formula is C12H19NO3S. The highest BCUT2D eigenvalue weighted by Crippen LogP contribution is 2.20. The predicted molar refractivity (Wildman–Crippen MR) is 68.9 cm³/mol. The van der Waals surface area contributed by atoms with Crippen LogP contribution in [0.4, 0.5) is 5.69 Å². The lowest BCUT2D eigenvalue weighted by Crippen LogP contribution is -2.25. The fourth-order valence-electron chi connectivity index (χ4n) is 1.39. The van der Waals surface area contributed by atoms with Gasteiger partial charge < -0.3 is 10.4 Å². The van der Waals surface area contributed by atoms with Crippen LogP contribution in [0.2, 0.25) is 0 Å². The van der Waals surface area contributed by atoms with Crippen molar-refractivity contribution in [1.82, 2.24) is 0 Å². The number of sulfone groups is 1. The zero-order chi connectivity index (χ0) is 13.1. The summed E-state index contributed by atoms with van der Waals surface area (Å²) in [5.41, 5.74) is 0.537. The Hall–Kier alpha value is -1.07. The van der Waals surface area contributed by atoms with Crippen LogP contribution in [0.15, 0.2) is 29.2 Å². The first-order valence-electron chi connectivity index (χ1n) is 5.53. The number of aliphatic hydroxyl groups is 1. The van der Waals surface area contributed by atoms with E-state index in [9.17, 15) is 13.5 Å². The maximum atomic E-state index is 11.5. The van der Waals surface area contributed by atoms with Crippen molar-refractivity contribution >= 4 is 15.5 Å². The minimum absolute atomic E-state index is 0.132. The molecule has 1 unspecified atom stereocenters. The van der Waals surface area contributed by atoms with Gasteiger partial charge in [0, 0.05) is 12.8 Å². The average Bonchev–Trinajstić information content (AvgIpc) is 2.24. The molecule has 0 saturated heterocycles. The van der Waals surface area contributed by atoms with Gasteiger partial charge in [-0.25, -0.2) is 8.42 Å². The first-order valence-corrected chi connectivity index (χ1v) is 7.42. The Balaban J connectivity index is 2.85. The van der Waals surface area contributed by atoms with Crippen molar-refractivity contribution in [2.45, 2.75) is 24.8 Å². The van der Waals surface area contributed by atoms with Gasteiger partial charge in [0.05, 0.1) is 16.7 Å². The number of hydrogen-bond donors (Lipinski definition) is 2. The second-order valence-electron chi connectivity index (χ2n) is 4.46. The number of rotatable bonds is 5. The zero-order valence-electron chi connectivity index (χ0n) is 10.3. The lowest BCUT2D eigenvalue weighted by atomic mass is 10.1. The molecular weight excluding hydrogens is 238 g/mol. The van der Waals surface area contributed by atoms with Gasteiger partial charge in [0.15, 0.2) is 9.84 Å². The van der Waals surface area contributed by atoms with Crippen LogP contribution in [0.1, 0.15) is 13.8 Å². The van der Waals surface area contributed by atoms with Crippen LogP contribution in [0.3, 0.4) is 0 Å². The first-order chi connectivity index (χ1) is 7.82. The summed E-state index contributed by atoms with van der Waals surface area (Å²) in [6, 6.07) is 6.70. The van der Waals surface area contributed by atoms with Crippen LogP contribution in [0, 0.1) is 5.92 Å². The van der Waals surface area contributed by atoms with Crippen molar-refractivity contribution in [3.63, 3.8) is 0 Å². The third-order valence-electron chi connectivity index (χ3n) is 2.56. The minimum atomic E-state index is -3.25. The van der Waals surface area contributed by atoms with Gasteiger partial charge in [0.1, 0.15) is 0 Å². The van der Waals surface area contributed by atoms with Crippen LogP contribution in [0.25, 0.3) is 0 Å². The van der Waals surface area contributed by atoms with E-state index in [0.29, 0.717) is 12.2 Å². The standard InChI is InChI=1S/C12H19NO3S/c1-9(2)11(14)8-13-10-6-4-5-7-12(10)17(3,15)16/h4-7,9,11,13-14H,8H2,1-3H3. The van der Waals surface area contributed by atoms with Crippen molar-refractivity contribution in [3.05, 3.63) is 24.3 Å². The summed E-state index contributed by atoms with van der Waals surface area (Å²) >= 11 is 0. The van der Waals surface area contributed by atoms with E-state index in [4.69, 9.17) is 0 Å². The quantitative estimate of drug-likeness (QED) is 0.839. The number of hydrogen-bond acceptors (Lipinski definition) is 4. The van der Waals surface area contributed by atoms with Crippen molar-refractivity contribution in [2.24, 2.45) is 5.92 Å². The van der Waals surface area contributed by atoms with E-state index < -0.39 is 15.9 Å². The third-order valence-corrected chi connectivity index (χ3v) is 3.71. The molecule has 0 fully saturated rings. The number of nitrogens with one attached hydrogen (secondary N) is 1. The normalized spacial score (nSPS) is 13.7. The molecule has 1 rings (SSSR count). The van der Waals surface area contributed by atoms with E-state index >= 15 is 0 Å². The Kier molecular flexibility index (Phi) is 4.54. The van der Waals surface area contributed by atoms with Gasteiger partial charge in [-0.15, -0.1) is 0 Å². The fraction of sp³-hybridized carbons (Fsp3) is 0.500. The molecule has 2 N–H and O–H groups in total. The van der Waals surface area contributed by atoms with Crippen LogP contribution >= 0.6 is 0 Å². The number of anilines is 1. The van der Waals surface area contributed by atoms with Crippen LogP contribution in [-0.4, -0.2) is 32.4 Å². The lowest BCUT2D eigenvalue weighted by molar-refractivity contribution is 0.138. The van der Waals surface area contributed by atoms with E-state index in [-0.39, 0.29) is 10.8 Å². The molecule has 0 aliphatic heterocycles. The van der Waals surface area contributed by atoms with Gasteiger partial charge in [-0.05, 0) is 18.1 Å². The summed E-state index contributed by atoms with van der Waals surface area (Å²) in [4.78, 5) is 0.260. The monoisotopic (exact) mass is 257 g/mol. The molecule has 1 aromatic rings. The maximum Gasteiger partial charge on any atom is 0.177 e. The molecule has 0 amide bonds. The van der Waals surface area contributed by atoms with Gasteiger partial charge in [-0.2, -0.15) is 0 Å². The molecule has 0 spiro atoms. The number of benzene rings is 1. The predicted octanol–water partition coefficient (Wildman–Crippen LogP) is 1.52. The van der Waals surface area contributed by atoms with Gasteiger partial charge >= 0.3 is 0 Å². The molecule has 0 saturated carbocycles. The molecule has 0 bridgehead atoms. The van der Waals surface area contributed by atoms with Gasteiger partial charge in [-0.3, -0.25) is 0 Å². The van der Waals surface area contributed by atoms with E-state index in [2.05, 4.69) is 5.32 Å². The van der Waals surface area contributed by atoms with E-state index in [0.717, 1.165) is 0 Å². The smallest absolute Gasteiger partial charge is 0.177 e. The number of aliphatic hydroxyl groups excluding tert-OH is 1. The van der Waals surface area contributed by atoms with Crippen LogP contribution < -0.4 is 5.32 Å². The highest BCUT2D eigenvalue weighted by Gasteiger charge is 2.14. The highest BCUT2D eigenvalue weighted by molar-refractivity contribution is 7.90. The van der Waals surface area contributed by atoms with E-state index in [1.165, 1.54) is 6.26 Å². The maximum absolute atomic E-state index is 11.5. The Labute approximate surface area is 103 Å². The molecule has 0 aliphatic carbocycles. The zero-order valence-corrected chi connectivity index (χ0v) is 11.2. The Bertz CT molecular complexity index is 468. The summed E-state index contributed by atoms with van der Waals surface area (Å²) in [6.07, 6.45) is 0.675. The van der Waals surface area contributed by atoms with Crippen molar-refractivity contribution in [2.75, 3.05) is 18.1 Å². The molecule has 1 atom stereocenters. The Morgan fingerprint density at radius 3 is 2.41 bits per heavy atom. The van der Waals surface area contributed by atoms with E-state index in [1.807, 2.05) is 13.8 Å². The molecule has 0 aromatic heterocycles. The highest BCUT2D eigenvalue weighted by atomic mass is 32.2. The fourth-order valence-corrected chi connectivity index (χ4v) is 2.25. The molecule has 96 valence electrons. The van der Waals surface area contributed by atoms with Gasteiger partial charge in [-0.1, -0.05) is 26.0 Å². The summed E-state index contributed by atoms with van der Waals surface area (Å²) in [5, 5.41) is 12.6. The lowest BCUT2D eigenvalue weighted by Gasteiger charge is -2.17. The van der Waals surface area contributed by atoms with Crippen molar-refractivity contribution in [3.8, 4) is 0 Å². The molecule has 5 heteroatoms. The minimum Gasteiger partial charge on any atom is -0.391 e. The van der Waals surface area contributed by atoms with Gasteiger partial charge in [0.2, 0.25) is 0 Å². The van der Waals surface area contributed by atoms with Gasteiger partial charge in [0.25, 0.3) is 0 Å². The summed E-state index contributed by atoms with van der Waals surface area (Å²) < 4.78 is 23.1. The molecule has 0 heterocycles. The van der Waals surface area contributed by atoms with Crippen LogP contribution in [-0.2, 0) is 9.84 Å². The second-order valence-corrected chi connectivity index (χ2v) is 6.44. The average molecular weight is 257 g/mol. The summed E-state index contributed by atoms with van der Waals surface area (Å²) in [5.74, 6) is 0.132. The molecule has 0 radical (unpaired) electrons. The molecule has 4 nitrogen and oxygen atoms in total. The Morgan fingerprint density at radius 2 is 1.88 bits per heavy atom. The topological polar surface area (TPSA) is 66.4 Å². The molecule has 1 aromatic carbocycles. The molecule has 0 aliphatic rings. The van der Waals surface area contributed by atoms with Crippen LogP contribution in [0.5, 0.6) is 0 Å². The largest absolute Gasteiger partial charge is 0.391 e. The van der Waals surface area contributed by atoms with Crippen molar-refractivity contribution in [1.29, 1.82) is 0 Å². The third kappa shape index (κ3) is 4.02. The SMILES string of the molecule is CC(C)C(O)CNc1ccccc1S(C)(=O)=O. The number of para-hydroxylation sites is 1. The molecule has 17 heavy (non-hydrogen) atoms. The van der Waals surface area contributed by atoms with Crippen molar-refractivity contribution < 1.29 is 13.5 Å². The second kappa shape index (κ2) is 5.51. The summed E-state index contributed by atoms with van der Waals surface area (Å²) in [6.45, 7) is 4.16. The first kappa shape index (κ1) is 14.0.